The summed E-state index contributed by atoms with van der Waals surface area (Å²) in [6.07, 6.45) is 1.19. The number of aryl methyl sites for hydroxylation is 2. The van der Waals surface area contributed by atoms with Crippen LogP contribution >= 0.6 is 0 Å². The van der Waals surface area contributed by atoms with Crippen LogP contribution in [0.4, 0.5) is 0 Å². The van der Waals surface area contributed by atoms with Crippen molar-refractivity contribution in [3.63, 3.8) is 0 Å². The molecule has 0 radical (unpaired) electrons. The standard InChI is InChI=1S/C16H23N5O/c1-13-8-14(2)21(19-13)12-16-11-20(6-7-22-16)10-15(9-18)4-3-5-17/h8,15-16H,3-4,6-7,10-12H2,1-2H3/t15-,16-/m0/s1. The highest BCUT2D eigenvalue weighted by Crippen LogP contribution is 2.14. The molecule has 1 fully saturated rings. The van der Waals surface area contributed by atoms with Gasteiger partial charge < -0.3 is 4.74 Å². The molecule has 118 valence electrons. The van der Waals surface area contributed by atoms with Crippen LogP contribution in [-0.2, 0) is 11.3 Å². The number of ether oxygens (including phenoxy) is 1. The molecular weight excluding hydrogens is 278 g/mol. The molecule has 1 aliphatic heterocycles. The molecule has 0 aliphatic carbocycles. The van der Waals surface area contributed by atoms with Gasteiger partial charge in [-0.2, -0.15) is 15.6 Å². The van der Waals surface area contributed by atoms with Gasteiger partial charge in [-0.25, -0.2) is 0 Å². The summed E-state index contributed by atoms with van der Waals surface area (Å²) >= 11 is 0. The van der Waals surface area contributed by atoms with Crippen LogP contribution in [0, 0.1) is 42.4 Å². The smallest absolute Gasteiger partial charge is 0.0898 e. The van der Waals surface area contributed by atoms with Gasteiger partial charge in [-0.05, 0) is 26.3 Å². The Kier molecular flexibility index (Phi) is 5.94. The third kappa shape index (κ3) is 4.56. The lowest BCUT2D eigenvalue weighted by atomic mass is 10.0. The molecule has 0 aromatic carbocycles. The second-order valence-electron chi connectivity index (χ2n) is 5.88. The topological polar surface area (TPSA) is 77.9 Å². The minimum Gasteiger partial charge on any atom is -0.374 e. The molecule has 0 amide bonds. The molecule has 0 bridgehead atoms. The van der Waals surface area contributed by atoms with Crippen molar-refractivity contribution in [2.75, 3.05) is 26.2 Å². The van der Waals surface area contributed by atoms with Crippen molar-refractivity contribution in [2.24, 2.45) is 5.92 Å². The molecule has 1 aromatic rings. The van der Waals surface area contributed by atoms with Crippen LogP contribution in [0.2, 0.25) is 0 Å². The van der Waals surface area contributed by atoms with Crippen molar-refractivity contribution < 1.29 is 4.74 Å². The summed E-state index contributed by atoms with van der Waals surface area (Å²) in [7, 11) is 0. The highest BCUT2D eigenvalue weighted by Gasteiger charge is 2.23. The second kappa shape index (κ2) is 7.93. The van der Waals surface area contributed by atoms with Gasteiger partial charge in [0.05, 0.1) is 43.0 Å². The molecule has 2 heterocycles. The summed E-state index contributed by atoms with van der Waals surface area (Å²) < 4.78 is 7.82. The van der Waals surface area contributed by atoms with Crippen LogP contribution < -0.4 is 0 Å². The minimum absolute atomic E-state index is 0.0768. The Morgan fingerprint density at radius 1 is 1.45 bits per heavy atom. The first-order chi connectivity index (χ1) is 10.6. The van der Waals surface area contributed by atoms with E-state index < -0.39 is 0 Å². The Labute approximate surface area is 131 Å². The quantitative estimate of drug-likeness (QED) is 0.798. The van der Waals surface area contributed by atoms with Crippen LogP contribution in [0.5, 0.6) is 0 Å². The molecule has 1 aliphatic rings. The molecule has 1 saturated heterocycles. The van der Waals surface area contributed by atoms with E-state index in [4.69, 9.17) is 10.00 Å². The summed E-state index contributed by atoms with van der Waals surface area (Å²) in [5.41, 5.74) is 2.16. The van der Waals surface area contributed by atoms with Crippen molar-refractivity contribution in [1.29, 1.82) is 10.5 Å². The van der Waals surface area contributed by atoms with E-state index in [2.05, 4.69) is 28.2 Å². The van der Waals surface area contributed by atoms with Gasteiger partial charge in [0.1, 0.15) is 0 Å². The van der Waals surface area contributed by atoms with Crippen LogP contribution in [0.1, 0.15) is 24.2 Å². The maximum Gasteiger partial charge on any atom is 0.0898 e. The van der Waals surface area contributed by atoms with Gasteiger partial charge in [0, 0.05) is 31.7 Å². The van der Waals surface area contributed by atoms with Crippen molar-refractivity contribution in [3.05, 3.63) is 17.5 Å². The Hall–Kier alpha value is -1.89. The molecule has 6 nitrogen and oxygen atoms in total. The normalized spacial score (nSPS) is 20.3. The molecule has 2 atom stereocenters. The van der Waals surface area contributed by atoms with E-state index in [1.54, 1.807) is 0 Å². The number of aromatic nitrogens is 2. The number of morpholine rings is 1. The van der Waals surface area contributed by atoms with Crippen LogP contribution in [0.15, 0.2) is 6.07 Å². The number of hydrogen-bond donors (Lipinski definition) is 0. The van der Waals surface area contributed by atoms with Crippen molar-refractivity contribution in [1.82, 2.24) is 14.7 Å². The lowest BCUT2D eigenvalue weighted by Gasteiger charge is -2.34. The highest BCUT2D eigenvalue weighted by atomic mass is 16.5. The fourth-order valence-electron chi connectivity index (χ4n) is 2.86. The van der Waals surface area contributed by atoms with E-state index in [0.717, 1.165) is 37.6 Å². The molecule has 1 aromatic heterocycles. The average Bonchev–Trinajstić information content (AvgIpc) is 2.81. The van der Waals surface area contributed by atoms with Crippen molar-refractivity contribution in [3.8, 4) is 12.1 Å². The molecule has 0 unspecified atom stereocenters. The summed E-state index contributed by atoms with van der Waals surface area (Å²) in [5.74, 6) is -0.0768. The van der Waals surface area contributed by atoms with Crippen molar-refractivity contribution in [2.45, 2.75) is 39.3 Å². The van der Waals surface area contributed by atoms with Crippen LogP contribution in [0.3, 0.4) is 0 Å². The van der Waals surface area contributed by atoms with Crippen LogP contribution in [-0.4, -0.2) is 47.0 Å². The van der Waals surface area contributed by atoms with Gasteiger partial charge in [-0.3, -0.25) is 9.58 Å². The Morgan fingerprint density at radius 3 is 2.91 bits per heavy atom. The fourth-order valence-corrected chi connectivity index (χ4v) is 2.86. The molecule has 6 heteroatoms. The van der Waals surface area contributed by atoms with E-state index in [1.807, 2.05) is 18.5 Å². The summed E-state index contributed by atoms with van der Waals surface area (Å²) in [5, 5.41) is 22.3. The first-order valence-electron chi connectivity index (χ1n) is 7.74. The predicted octanol–water partition coefficient (Wildman–Crippen LogP) is 1.64. The maximum absolute atomic E-state index is 9.19. The molecule has 22 heavy (non-hydrogen) atoms. The number of nitriles is 2. The summed E-state index contributed by atoms with van der Waals surface area (Å²) in [6, 6.07) is 6.49. The summed E-state index contributed by atoms with van der Waals surface area (Å²) in [6.45, 7) is 7.83. The van der Waals surface area contributed by atoms with Crippen molar-refractivity contribution >= 4 is 0 Å². The van der Waals surface area contributed by atoms with Gasteiger partial charge in [-0.1, -0.05) is 0 Å². The van der Waals surface area contributed by atoms with E-state index in [0.29, 0.717) is 19.4 Å². The lowest BCUT2D eigenvalue weighted by Crippen LogP contribution is -2.46. The third-order valence-corrected chi connectivity index (χ3v) is 3.97. The highest BCUT2D eigenvalue weighted by molar-refractivity contribution is 5.06. The van der Waals surface area contributed by atoms with Gasteiger partial charge >= 0.3 is 0 Å². The molecular formula is C16H23N5O. The Bertz CT molecular complexity index is 568. The van der Waals surface area contributed by atoms with Gasteiger partial charge in [0.2, 0.25) is 0 Å². The number of hydrogen-bond acceptors (Lipinski definition) is 5. The molecule has 0 N–H and O–H groups in total. The Balaban J connectivity index is 1.87. The zero-order valence-corrected chi connectivity index (χ0v) is 13.3. The fraction of sp³-hybridized carbons (Fsp3) is 0.688. The zero-order valence-electron chi connectivity index (χ0n) is 13.3. The molecule has 0 saturated carbocycles. The first kappa shape index (κ1) is 16.5. The SMILES string of the molecule is Cc1cc(C)n(C[C@@H]2CN(C[C@H](C#N)CCC#N)CCO2)n1. The first-order valence-corrected chi connectivity index (χ1v) is 7.74. The Morgan fingerprint density at radius 2 is 2.27 bits per heavy atom. The largest absolute Gasteiger partial charge is 0.374 e. The summed E-state index contributed by atoms with van der Waals surface area (Å²) in [4.78, 5) is 2.27. The number of rotatable bonds is 6. The van der Waals surface area contributed by atoms with E-state index in [-0.39, 0.29) is 12.0 Å². The van der Waals surface area contributed by atoms with Gasteiger partial charge in [0.15, 0.2) is 0 Å². The predicted molar refractivity (Wildman–Crippen MR) is 81.8 cm³/mol. The third-order valence-electron chi connectivity index (χ3n) is 3.97. The molecule has 0 spiro atoms. The zero-order chi connectivity index (χ0) is 15.9. The van der Waals surface area contributed by atoms with Gasteiger partial charge in [0.25, 0.3) is 0 Å². The van der Waals surface area contributed by atoms with Crippen LogP contribution in [0.25, 0.3) is 0 Å². The van der Waals surface area contributed by atoms with Gasteiger partial charge in [-0.15, -0.1) is 0 Å². The molecule has 2 rings (SSSR count). The van der Waals surface area contributed by atoms with E-state index in [1.165, 1.54) is 0 Å². The van der Waals surface area contributed by atoms with E-state index in [9.17, 15) is 5.26 Å². The monoisotopic (exact) mass is 301 g/mol. The van der Waals surface area contributed by atoms with E-state index >= 15 is 0 Å². The minimum atomic E-state index is -0.0768. The number of nitrogens with zero attached hydrogens (tertiary/aromatic N) is 5. The maximum atomic E-state index is 9.19. The lowest BCUT2D eigenvalue weighted by molar-refractivity contribution is -0.0403. The average molecular weight is 301 g/mol. The second-order valence-corrected chi connectivity index (χ2v) is 5.88.